The molecule has 0 aliphatic carbocycles. The van der Waals surface area contributed by atoms with Crippen LogP contribution < -0.4 is 15.0 Å². The largest absolute Gasteiger partial charge is 0.494 e. The Balaban J connectivity index is 1.56. The van der Waals surface area contributed by atoms with Gasteiger partial charge in [0.1, 0.15) is 11.8 Å². The van der Waals surface area contributed by atoms with Crippen molar-refractivity contribution in [1.82, 2.24) is 19.9 Å². The molecule has 4 heterocycles. The van der Waals surface area contributed by atoms with Gasteiger partial charge in [-0.25, -0.2) is 0 Å². The van der Waals surface area contributed by atoms with Gasteiger partial charge in [-0.2, -0.15) is 0 Å². The molecule has 166 valence electrons. The average molecular weight is 456 g/mol. The standard InChI is InChI=1S/C26H25N5OS/c1-2-32-21-13-11-20(12-14-21)31-25(24(29-26(31)33)22-9-4-6-16-28-22)23-10-7-17-30(23)18-19-8-3-5-15-27-19/h3-17,24-25H,2,18H2,1H3,(H,29,33)/t24-,25+/m1/s1. The van der Waals surface area contributed by atoms with Crippen LogP contribution in [-0.4, -0.2) is 26.3 Å². The monoisotopic (exact) mass is 455 g/mol. The lowest BCUT2D eigenvalue weighted by Gasteiger charge is -2.29. The molecule has 33 heavy (non-hydrogen) atoms. The molecule has 1 fully saturated rings. The van der Waals surface area contributed by atoms with E-state index in [9.17, 15) is 0 Å². The van der Waals surface area contributed by atoms with Crippen LogP contribution in [0.2, 0.25) is 0 Å². The smallest absolute Gasteiger partial charge is 0.174 e. The Morgan fingerprint density at radius 2 is 1.73 bits per heavy atom. The zero-order chi connectivity index (χ0) is 22.6. The Labute approximate surface area is 198 Å². The van der Waals surface area contributed by atoms with Crippen LogP contribution in [0.1, 0.15) is 36.1 Å². The highest BCUT2D eigenvalue weighted by atomic mass is 32.1. The van der Waals surface area contributed by atoms with Crippen LogP contribution in [0.15, 0.2) is 91.4 Å². The van der Waals surface area contributed by atoms with Gasteiger partial charge in [-0.05, 0) is 79.8 Å². The number of nitrogens with one attached hydrogen (secondary N) is 1. The second-order valence-electron chi connectivity index (χ2n) is 7.81. The number of pyridine rings is 2. The second-order valence-corrected chi connectivity index (χ2v) is 8.19. The average Bonchev–Trinajstić information content (AvgIpc) is 3.44. The van der Waals surface area contributed by atoms with Gasteiger partial charge in [-0.3, -0.25) is 9.97 Å². The first-order chi connectivity index (χ1) is 16.2. The number of rotatable bonds is 7. The number of hydrogen-bond acceptors (Lipinski definition) is 4. The van der Waals surface area contributed by atoms with Crippen LogP contribution in [-0.2, 0) is 6.54 Å². The molecule has 6 nitrogen and oxygen atoms in total. The van der Waals surface area contributed by atoms with E-state index in [4.69, 9.17) is 17.0 Å². The zero-order valence-corrected chi connectivity index (χ0v) is 19.2. The van der Waals surface area contributed by atoms with Gasteiger partial charge in [-0.1, -0.05) is 12.1 Å². The topological polar surface area (TPSA) is 55.2 Å². The lowest BCUT2D eigenvalue weighted by molar-refractivity contribution is 0.340. The van der Waals surface area contributed by atoms with E-state index in [1.165, 1.54) is 0 Å². The van der Waals surface area contributed by atoms with Crippen LogP contribution in [0, 0.1) is 0 Å². The maximum Gasteiger partial charge on any atom is 0.174 e. The molecule has 1 saturated heterocycles. The van der Waals surface area contributed by atoms with Crippen molar-refractivity contribution in [2.45, 2.75) is 25.6 Å². The summed E-state index contributed by atoms with van der Waals surface area (Å²) in [5, 5.41) is 4.19. The predicted octanol–water partition coefficient (Wildman–Crippen LogP) is 4.90. The molecule has 1 aliphatic heterocycles. The summed E-state index contributed by atoms with van der Waals surface area (Å²) in [6.45, 7) is 3.30. The molecule has 4 aromatic rings. The highest BCUT2D eigenvalue weighted by Gasteiger charge is 2.42. The molecule has 7 heteroatoms. The van der Waals surface area contributed by atoms with E-state index in [0.717, 1.165) is 28.5 Å². The van der Waals surface area contributed by atoms with E-state index < -0.39 is 0 Å². The van der Waals surface area contributed by atoms with Crippen molar-refractivity contribution in [3.8, 4) is 5.75 Å². The van der Waals surface area contributed by atoms with E-state index in [2.05, 4.69) is 55.2 Å². The van der Waals surface area contributed by atoms with Gasteiger partial charge in [0, 0.05) is 30.0 Å². The molecule has 0 unspecified atom stereocenters. The van der Waals surface area contributed by atoms with Gasteiger partial charge in [0.25, 0.3) is 0 Å². The predicted molar refractivity (Wildman–Crippen MR) is 133 cm³/mol. The number of thiocarbonyl (C=S) groups is 1. The second kappa shape index (κ2) is 9.42. The fourth-order valence-electron chi connectivity index (χ4n) is 4.31. The summed E-state index contributed by atoms with van der Waals surface area (Å²) >= 11 is 5.84. The molecule has 1 aromatic carbocycles. The van der Waals surface area contributed by atoms with E-state index >= 15 is 0 Å². The van der Waals surface area contributed by atoms with Gasteiger partial charge >= 0.3 is 0 Å². The quantitative estimate of drug-likeness (QED) is 0.400. The number of nitrogens with zero attached hydrogens (tertiary/aromatic N) is 4. The molecule has 1 N–H and O–H groups in total. The van der Waals surface area contributed by atoms with Crippen LogP contribution in [0.25, 0.3) is 0 Å². The maximum atomic E-state index is 5.84. The molecule has 0 amide bonds. The Kier molecular flexibility index (Phi) is 6.04. The molecule has 0 spiro atoms. The molecule has 3 aromatic heterocycles. The van der Waals surface area contributed by atoms with Crippen LogP contribution in [0.3, 0.4) is 0 Å². The van der Waals surface area contributed by atoms with Gasteiger partial charge in [-0.15, -0.1) is 0 Å². The Bertz CT molecular complexity index is 1210. The fraction of sp³-hybridized carbons (Fsp3) is 0.192. The van der Waals surface area contributed by atoms with Gasteiger partial charge < -0.3 is 19.5 Å². The lowest BCUT2D eigenvalue weighted by atomic mass is 10.0. The first-order valence-electron chi connectivity index (χ1n) is 11.0. The number of aromatic nitrogens is 3. The minimum absolute atomic E-state index is 0.0796. The Morgan fingerprint density at radius 3 is 2.42 bits per heavy atom. The molecule has 0 bridgehead atoms. The summed E-state index contributed by atoms with van der Waals surface area (Å²) in [6.07, 6.45) is 5.74. The van der Waals surface area contributed by atoms with Crippen molar-refractivity contribution in [2.75, 3.05) is 11.5 Å². The van der Waals surface area contributed by atoms with Crippen molar-refractivity contribution in [2.24, 2.45) is 0 Å². The van der Waals surface area contributed by atoms with Gasteiger partial charge in [0.05, 0.1) is 30.6 Å². The van der Waals surface area contributed by atoms with Crippen molar-refractivity contribution < 1.29 is 4.74 Å². The number of benzene rings is 1. The minimum atomic E-state index is -0.0948. The van der Waals surface area contributed by atoms with E-state index in [0.29, 0.717) is 18.3 Å². The summed E-state index contributed by atoms with van der Waals surface area (Å²) in [7, 11) is 0. The number of anilines is 1. The molecular weight excluding hydrogens is 430 g/mol. The van der Waals surface area contributed by atoms with Crippen molar-refractivity contribution in [3.05, 3.63) is 108 Å². The zero-order valence-electron chi connectivity index (χ0n) is 18.3. The van der Waals surface area contributed by atoms with Gasteiger partial charge in [0.15, 0.2) is 5.11 Å². The summed E-state index contributed by atoms with van der Waals surface area (Å²) in [6, 6.07) is 24.1. The van der Waals surface area contributed by atoms with Gasteiger partial charge in [0.2, 0.25) is 0 Å². The van der Waals surface area contributed by atoms with Crippen molar-refractivity contribution >= 4 is 23.0 Å². The minimum Gasteiger partial charge on any atom is -0.494 e. The van der Waals surface area contributed by atoms with E-state index in [1.807, 2.05) is 67.8 Å². The number of ether oxygens (including phenoxy) is 1. The summed E-state index contributed by atoms with van der Waals surface area (Å²) < 4.78 is 7.87. The summed E-state index contributed by atoms with van der Waals surface area (Å²) in [5.74, 6) is 0.843. The summed E-state index contributed by atoms with van der Waals surface area (Å²) in [5.41, 5.74) is 4.09. The van der Waals surface area contributed by atoms with Crippen molar-refractivity contribution in [1.29, 1.82) is 0 Å². The molecular formula is C26H25N5OS. The first-order valence-corrected chi connectivity index (χ1v) is 11.4. The molecule has 5 rings (SSSR count). The molecule has 1 aliphatic rings. The highest BCUT2D eigenvalue weighted by molar-refractivity contribution is 7.80. The third kappa shape index (κ3) is 4.32. The Hall–Kier alpha value is -3.71. The highest BCUT2D eigenvalue weighted by Crippen LogP contribution is 2.42. The third-order valence-electron chi connectivity index (χ3n) is 5.75. The maximum absolute atomic E-state index is 5.84. The fourth-order valence-corrected chi connectivity index (χ4v) is 4.65. The van der Waals surface area contributed by atoms with Crippen molar-refractivity contribution in [3.63, 3.8) is 0 Å². The van der Waals surface area contributed by atoms with Crippen LogP contribution >= 0.6 is 12.2 Å². The van der Waals surface area contributed by atoms with E-state index in [1.54, 1.807) is 0 Å². The first kappa shape index (κ1) is 21.2. The molecule has 2 atom stereocenters. The Morgan fingerprint density at radius 1 is 0.939 bits per heavy atom. The lowest BCUT2D eigenvalue weighted by Crippen LogP contribution is -2.30. The van der Waals surface area contributed by atoms with Crippen LogP contribution in [0.5, 0.6) is 5.75 Å². The molecule has 0 saturated carbocycles. The SMILES string of the molecule is CCOc1ccc(N2C(=S)N[C@H](c3ccccn3)[C@@H]2c2cccn2Cc2ccccn2)cc1. The molecule has 0 radical (unpaired) electrons. The van der Waals surface area contributed by atoms with E-state index in [-0.39, 0.29) is 12.1 Å². The third-order valence-corrected chi connectivity index (χ3v) is 6.06. The van der Waals surface area contributed by atoms with Crippen LogP contribution in [0.4, 0.5) is 5.69 Å². The normalized spacial score (nSPS) is 17.7. The number of hydrogen-bond donors (Lipinski definition) is 1. The summed E-state index contributed by atoms with van der Waals surface area (Å²) in [4.78, 5) is 11.3.